The van der Waals surface area contributed by atoms with E-state index in [1.807, 2.05) is 12.1 Å². The summed E-state index contributed by atoms with van der Waals surface area (Å²) < 4.78 is 1.10. The normalized spacial score (nSPS) is 11.0. The Morgan fingerprint density at radius 1 is 1.07 bits per heavy atom. The van der Waals surface area contributed by atoms with Crippen LogP contribution in [-0.4, -0.2) is 42.0 Å². The average Bonchev–Trinajstić information content (AvgIpc) is 3.13. The third kappa shape index (κ3) is 5.10. The average molecular weight is 452 g/mol. The van der Waals surface area contributed by atoms with E-state index in [1.165, 1.54) is 5.56 Å². The Kier molecular flexibility index (Phi) is 8.46. The van der Waals surface area contributed by atoms with Crippen LogP contribution in [0, 0.1) is 13.8 Å². The first kappa shape index (κ1) is 23.6. The molecule has 0 aliphatic carbocycles. The van der Waals surface area contributed by atoms with E-state index in [-0.39, 0.29) is 18.3 Å². The Morgan fingerprint density at radius 2 is 1.76 bits per heavy atom. The fourth-order valence-electron chi connectivity index (χ4n) is 3.18. The highest BCUT2D eigenvalue weighted by Gasteiger charge is 2.24. The zero-order valence-electron chi connectivity index (χ0n) is 17.2. The molecular formula is C22H27Cl2N3OS. The van der Waals surface area contributed by atoms with Crippen molar-refractivity contribution < 1.29 is 4.79 Å². The number of halogens is 2. The van der Waals surface area contributed by atoms with Crippen LogP contribution in [0.5, 0.6) is 0 Å². The molecule has 29 heavy (non-hydrogen) atoms. The lowest BCUT2D eigenvalue weighted by Gasteiger charge is -2.25. The number of hydrogen-bond donors (Lipinski definition) is 0. The smallest absolute Gasteiger partial charge is 0.261 e. The van der Waals surface area contributed by atoms with Gasteiger partial charge in [-0.1, -0.05) is 55.0 Å². The van der Waals surface area contributed by atoms with E-state index in [0.29, 0.717) is 17.1 Å². The second-order valence-electron chi connectivity index (χ2n) is 6.81. The van der Waals surface area contributed by atoms with Gasteiger partial charge in [0.2, 0.25) is 0 Å². The van der Waals surface area contributed by atoms with E-state index < -0.39 is 0 Å². The highest BCUT2D eigenvalue weighted by Crippen LogP contribution is 2.33. The van der Waals surface area contributed by atoms with Crippen LogP contribution in [0.15, 0.2) is 36.4 Å². The van der Waals surface area contributed by atoms with Crippen molar-refractivity contribution in [3.05, 3.63) is 58.1 Å². The van der Waals surface area contributed by atoms with E-state index in [2.05, 4.69) is 44.7 Å². The van der Waals surface area contributed by atoms with E-state index in [0.717, 1.165) is 40.5 Å². The molecule has 0 saturated carbocycles. The highest BCUT2D eigenvalue weighted by molar-refractivity contribution is 7.22. The summed E-state index contributed by atoms with van der Waals surface area (Å²) in [5, 5.41) is 1.19. The van der Waals surface area contributed by atoms with Gasteiger partial charge in [-0.2, -0.15) is 0 Å². The molecule has 4 nitrogen and oxygen atoms in total. The summed E-state index contributed by atoms with van der Waals surface area (Å²) in [5.41, 5.74) is 3.85. The minimum atomic E-state index is -0.105. The van der Waals surface area contributed by atoms with E-state index >= 15 is 0 Å². The maximum absolute atomic E-state index is 13.4. The number of likely N-dealkylation sites (N-methyl/N-ethyl adjacent to an activating group) is 1. The van der Waals surface area contributed by atoms with Gasteiger partial charge in [0.1, 0.15) is 0 Å². The molecule has 0 unspecified atom stereocenters. The molecule has 0 aliphatic rings. The van der Waals surface area contributed by atoms with E-state index in [1.54, 1.807) is 28.4 Å². The van der Waals surface area contributed by atoms with Crippen molar-refractivity contribution in [2.24, 2.45) is 0 Å². The Balaban J connectivity index is 0.00000300. The number of aryl methyl sites for hydroxylation is 2. The first-order valence-corrected chi connectivity index (χ1v) is 10.8. The minimum Gasteiger partial charge on any atom is -0.302 e. The number of fused-ring (bicyclic) bond motifs is 1. The van der Waals surface area contributed by atoms with Crippen LogP contribution >= 0.6 is 35.3 Å². The highest BCUT2D eigenvalue weighted by atomic mass is 35.5. The third-order valence-electron chi connectivity index (χ3n) is 5.19. The number of nitrogens with zero attached hydrogens (tertiary/aromatic N) is 3. The molecule has 1 amide bonds. The quantitative estimate of drug-likeness (QED) is 0.443. The van der Waals surface area contributed by atoms with Crippen LogP contribution in [0.2, 0.25) is 5.02 Å². The van der Waals surface area contributed by atoms with E-state index in [9.17, 15) is 4.79 Å². The molecule has 3 rings (SSSR count). The lowest BCUT2D eigenvalue weighted by Crippen LogP contribution is -2.39. The minimum absolute atomic E-state index is 0. The summed E-state index contributed by atoms with van der Waals surface area (Å²) in [4.78, 5) is 22.3. The number of carbonyl (C=O) groups excluding carboxylic acids is 1. The molecule has 0 bridgehead atoms. The Hall–Kier alpha value is -1.66. The van der Waals surface area contributed by atoms with Gasteiger partial charge >= 0.3 is 0 Å². The number of amides is 1. The SMILES string of the molecule is CCN(CC)CCN(C(=O)c1ccccc1Cl)c1nc2c(C)c(C)ccc2s1.Cl. The molecule has 2 aromatic carbocycles. The van der Waals surface area contributed by atoms with Gasteiger partial charge in [0.15, 0.2) is 5.13 Å². The third-order valence-corrected chi connectivity index (χ3v) is 6.56. The van der Waals surface area contributed by atoms with Crippen molar-refractivity contribution >= 4 is 56.6 Å². The van der Waals surface area contributed by atoms with Gasteiger partial charge in [0, 0.05) is 13.1 Å². The molecular weight excluding hydrogens is 425 g/mol. The zero-order valence-corrected chi connectivity index (χ0v) is 19.6. The molecule has 7 heteroatoms. The van der Waals surface area contributed by atoms with Crippen molar-refractivity contribution in [3.63, 3.8) is 0 Å². The number of thiazole rings is 1. The lowest BCUT2D eigenvalue weighted by atomic mass is 10.1. The topological polar surface area (TPSA) is 36.4 Å². The summed E-state index contributed by atoms with van der Waals surface area (Å²) >= 11 is 7.87. The fraction of sp³-hybridized carbons (Fsp3) is 0.364. The number of rotatable bonds is 7. The fourth-order valence-corrected chi connectivity index (χ4v) is 4.44. The maximum atomic E-state index is 13.4. The summed E-state index contributed by atoms with van der Waals surface area (Å²) in [6.45, 7) is 11.7. The Bertz CT molecular complexity index is 985. The van der Waals surface area contributed by atoms with Crippen LogP contribution in [-0.2, 0) is 0 Å². The van der Waals surface area contributed by atoms with Gasteiger partial charge in [0.05, 0.1) is 20.8 Å². The molecule has 156 valence electrons. The van der Waals surface area contributed by atoms with Crippen molar-refractivity contribution in [3.8, 4) is 0 Å². The molecule has 0 fully saturated rings. The monoisotopic (exact) mass is 451 g/mol. The Morgan fingerprint density at radius 3 is 2.41 bits per heavy atom. The predicted octanol–water partition coefficient (Wildman–Crippen LogP) is 5.98. The van der Waals surface area contributed by atoms with Gasteiger partial charge in [-0.3, -0.25) is 9.69 Å². The molecule has 0 spiro atoms. The molecule has 3 aromatic rings. The van der Waals surface area contributed by atoms with Crippen molar-refractivity contribution in [2.45, 2.75) is 27.7 Å². The van der Waals surface area contributed by atoms with Crippen LogP contribution in [0.4, 0.5) is 5.13 Å². The van der Waals surface area contributed by atoms with Gasteiger partial charge < -0.3 is 4.90 Å². The van der Waals surface area contributed by atoms with Crippen molar-refractivity contribution in [2.75, 3.05) is 31.1 Å². The molecule has 0 aliphatic heterocycles. The first-order valence-electron chi connectivity index (χ1n) is 9.61. The number of anilines is 1. The second-order valence-corrected chi connectivity index (χ2v) is 8.23. The van der Waals surface area contributed by atoms with Crippen molar-refractivity contribution in [1.82, 2.24) is 9.88 Å². The molecule has 1 heterocycles. The van der Waals surface area contributed by atoms with E-state index in [4.69, 9.17) is 16.6 Å². The van der Waals surface area contributed by atoms with Gasteiger partial charge in [-0.05, 0) is 56.3 Å². The predicted molar refractivity (Wildman–Crippen MR) is 127 cm³/mol. The molecule has 0 N–H and O–H groups in total. The summed E-state index contributed by atoms with van der Waals surface area (Å²) in [5.74, 6) is -0.105. The van der Waals surface area contributed by atoms with Crippen molar-refractivity contribution in [1.29, 1.82) is 0 Å². The molecule has 1 aromatic heterocycles. The van der Waals surface area contributed by atoms with Gasteiger partial charge in [-0.15, -0.1) is 12.4 Å². The summed E-state index contributed by atoms with van der Waals surface area (Å²) in [7, 11) is 0. The van der Waals surface area contributed by atoms with Crippen LogP contribution < -0.4 is 4.90 Å². The first-order chi connectivity index (χ1) is 13.5. The van der Waals surface area contributed by atoms with Gasteiger partial charge in [-0.25, -0.2) is 4.98 Å². The second kappa shape index (κ2) is 10.4. The number of aromatic nitrogens is 1. The standard InChI is InChI=1S/C22H26ClN3OS.ClH/c1-5-25(6-2)13-14-26(21(27)17-9-7-8-10-18(17)23)22-24-20-16(4)15(3)11-12-19(20)28-22;/h7-12H,5-6,13-14H2,1-4H3;1H. The Labute approximate surface area is 187 Å². The zero-order chi connectivity index (χ0) is 20.3. The largest absolute Gasteiger partial charge is 0.302 e. The summed E-state index contributed by atoms with van der Waals surface area (Å²) in [6, 6.07) is 11.4. The molecule has 0 atom stereocenters. The molecule has 0 saturated heterocycles. The van der Waals surface area contributed by atoms with Crippen LogP contribution in [0.1, 0.15) is 35.3 Å². The number of carbonyl (C=O) groups is 1. The number of hydrogen-bond acceptors (Lipinski definition) is 4. The van der Waals surface area contributed by atoms with Crippen LogP contribution in [0.3, 0.4) is 0 Å². The van der Waals surface area contributed by atoms with Crippen LogP contribution in [0.25, 0.3) is 10.2 Å². The lowest BCUT2D eigenvalue weighted by molar-refractivity contribution is 0.0984. The van der Waals surface area contributed by atoms with Gasteiger partial charge in [0.25, 0.3) is 5.91 Å². The maximum Gasteiger partial charge on any atom is 0.261 e. The molecule has 0 radical (unpaired) electrons. The summed E-state index contributed by atoms with van der Waals surface area (Å²) in [6.07, 6.45) is 0. The number of benzene rings is 2.